The van der Waals surface area contributed by atoms with Crippen LogP contribution in [0, 0.1) is 6.92 Å². The highest BCUT2D eigenvalue weighted by Gasteiger charge is 2.35. The van der Waals surface area contributed by atoms with Gasteiger partial charge in [0.15, 0.2) is 0 Å². The number of ether oxygens (including phenoxy) is 1. The number of nitrogens with zero attached hydrogens (tertiary/aromatic N) is 5. The van der Waals surface area contributed by atoms with Gasteiger partial charge in [0.1, 0.15) is 11.4 Å². The van der Waals surface area contributed by atoms with Gasteiger partial charge in [-0.05, 0) is 44.2 Å². The van der Waals surface area contributed by atoms with E-state index in [1.807, 2.05) is 19.1 Å². The lowest BCUT2D eigenvalue weighted by Gasteiger charge is -2.34. The zero-order valence-corrected chi connectivity index (χ0v) is 21.3. The summed E-state index contributed by atoms with van der Waals surface area (Å²) in [4.78, 5) is 26.4. The van der Waals surface area contributed by atoms with Gasteiger partial charge in [-0.15, -0.1) is 0 Å². The second-order valence-electron chi connectivity index (χ2n) is 9.39. The van der Waals surface area contributed by atoms with Crippen LogP contribution in [-0.2, 0) is 15.7 Å². The Hall–Kier alpha value is -3.12. The minimum absolute atomic E-state index is 0.00369. The van der Waals surface area contributed by atoms with Gasteiger partial charge in [0.2, 0.25) is 11.9 Å². The number of likely N-dealkylation sites (N-methyl/N-ethyl adjacent to an activating group) is 1. The van der Waals surface area contributed by atoms with E-state index in [0.29, 0.717) is 39.1 Å². The fourth-order valence-electron chi connectivity index (χ4n) is 4.39. The van der Waals surface area contributed by atoms with Crippen LogP contribution in [0.25, 0.3) is 0 Å². The molecule has 12 heteroatoms. The number of hydrogen-bond donors (Lipinski definition) is 2. The highest BCUT2D eigenvalue weighted by molar-refractivity contribution is 5.76. The van der Waals surface area contributed by atoms with Crippen molar-refractivity contribution < 1.29 is 22.7 Å². The standard InChI is InChI=1S/C25H34F3N7O2/c1-18-16-19(34-11-9-33(2)10-12-34)4-5-21(18)31-24-30-17-20(25(26,27)28)23(32-24)29-7-3-8-35-13-15-37-14-6-22(35)36/h4-5,16-17H,3,6-15H2,1-2H3,(H2,29,30,31,32). The number of amides is 1. The number of carbonyl (C=O) groups is 1. The Morgan fingerprint density at radius 2 is 1.89 bits per heavy atom. The van der Waals surface area contributed by atoms with Crippen molar-refractivity contribution in [3.63, 3.8) is 0 Å². The number of halogens is 3. The van der Waals surface area contributed by atoms with Crippen LogP contribution < -0.4 is 15.5 Å². The molecule has 9 nitrogen and oxygen atoms in total. The maximum absolute atomic E-state index is 13.6. The number of anilines is 4. The Morgan fingerprint density at radius 1 is 1.11 bits per heavy atom. The number of rotatable bonds is 8. The summed E-state index contributed by atoms with van der Waals surface area (Å²) in [5.41, 5.74) is 1.85. The van der Waals surface area contributed by atoms with E-state index in [9.17, 15) is 18.0 Å². The number of aromatic nitrogens is 2. The molecule has 4 rings (SSSR count). The molecule has 0 atom stereocenters. The Bertz CT molecular complexity index is 1070. The number of piperazine rings is 1. The highest BCUT2D eigenvalue weighted by Crippen LogP contribution is 2.34. The predicted octanol–water partition coefficient (Wildman–Crippen LogP) is 3.35. The molecule has 1 amide bonds. The Labute approximate surface area is 215 Å². The molecular weight excluding hydrogens is 487 g/mol. The van der Waals surface area contributed by atoms with E-state index in [0.717, 1.165) is 49.3 Å². The quantitative estimate of drug-likeness (QED) is 0.512. The molecule has 1 aromatic heterocycles. The molecule has 2 N–H and O–H groups in total. The number of aryl methyl sites for hydroxylation is 1. The molecule has 2 saturated heterocycles. The number of carbonyl (C=O) groups excluding carboxylic acids is 1. The minimum atomic E-state index is -4.60. The summed E-state index contributed by atoms with van der Waals surface area (Å²) in [6.07, 6.45) is -3.01. The molecule has 1 aromatic carbocycles. The first-order valence-corrected chi connectivity index (χ1v) is 12.6. The first-order valence-electron chi connectivity index (χ1n) is 12.6. The van der Waals surface area contributed by atoms with E-state index >= 15 is 0 Å². The molecule has 2 aliphatic heterocycles. The van der Waals surface area contributed by atoms with Crippen molar-refractivity contribution >= 4 is 29.0 Å². The van der Waals surface area contributed by atoms with Gasteiger partial charge in [-0.25, -0.2) is 4.98 Å². The smallest absolute Gasteiger partial charge is 0.379 e. The molecule has 2 aliphatic rings. The third-order valence-corrected chi connectivity index (χ3v) is 6.63. The van der Waals surface area contributed by atoms with Crippen molar-refractivity contribution in [3.05, 3.63) is 35.5 Å². The number of hydrogen-bond acceptors (Lipinski definition) is 8. The third kappa shape index (κ3) is 7.22. The lowest BCUT2D eigenvalue weighted by atomic mass is 10.1. The summed E-state index contributed by atoms with van der Waals surface area (Å²) in [5.74, 6) is -0.218. The second-order valence-corrected chi connectivity index (χ2v) is 9.39. The zero-order valence-electron chi connectivity index (χ0n) is 21.3. The summed E-state index contributed by atoms with van der Waals surface area (Å²) < 4.78 is 46.1. The summed E-state index contributed by atoms with van der Waals surface area (Å²) in [5, 5.41) is 5.86. The van der Waals surface area contributed by atoms with E-state index in [1.165, 1.54) is 0 Å². The first-order chi connectivity index (χ1) is 17.7. The molecule has 202 valence electrons. The van der Waals surface area contributed by atoms with Crippen LogP contribution in [-0.4, -0.2) is 91.7 Å². The Balaban J connectivity index is 1.41. The summed E-state index contributed by atoms with van der Waals surface area (Å²) in [7, 11) is 2.11. The topological polar surface area (TPSA) is 85.9 Å². The molecule has 0 spiro atoms. The number of benzene rings is 1. The van der Waals surface area contributed by atoms with E-state index < -0.39 is 11.7 Å². The average Bonchev–Trinajstić information content (AvgIpc) is 3.07. The first kappa shape index (κ1) is 26.9. The van der Waals surface area contributed by atoms with Crippen LogP contribution in [0.2, 0.25) is 0 Å². The molecule has 0 unspecified atom stereocenters. The molecular formula is C25H34F3N7O2. The van der Waals surface area contributed by atoms with E-state index in [1.54, 1.807) is 4.90 Å². The fraction of sp³-hybridized carbons (Fsp3) is 0.560. The fourth-order valence-corrected chi connectivity index (χ4v) is 4.39. The van der Waals surface area contributed by atoms with Crippen LogP contribution in [0.15, 0.2) is 24.4 Å². The molecule has 0 aliphatic carbocycles. The van der Waals surface area contributed by atoms with Gasteiger partial charge in [-0.2, -0.15) is 18.2 Å². The lowest BCUT2D eigenvalue weighted by Crippen LogP contribution is -2.44. The molecule has 0 radical (unpaired) electrons. The Morgan fingerprint density at radius 3 is 2.62 bits per heavy atom. The van der Waals surface area contributed by atoms with Crippen LogP contribution >= 0.6 is 0 Å². The van der Waals surface area contributed by atoms with Crippen molar-refractivity contribution in [1.29, 1.82) is 0 Å². The summed E-state index contributed by atoms with van der Waals surface area (Å²) in [6.45, 7) is 7.84. The molecule has 0 bridgehead atoms. The van der Waals surface area contributed by atoms with Gasteiger partial charge >= 0.3 is 6.18 Å². The van der Waals surface area contributed by atoms with Gasteiger partial charge in [-0.1, -0.05) is 0 Å². The van der Waals surface area contributed by atoms with Crippen LogP contribution in [0.4, 0.5) is 36.3 Å². The monoisotopic (exact) mass is 521 g/mol. The lowest BCUT2D eigenvalue weighted by molar-refractivity contribution is -0.137. The number of nitrogens with one attached hydrogen (secondary N) is 2. The van der Waals surface area contributed by atoms with Crippen LogP contribution in [0.5, 0.6) is 0 Å². The summed E-state index contributed by atoms with van der Waals surface area (Å²) in [6, 6.07) is 5.96. The van der Waals surface area contributed by atoms with Crippen LogP contribution in [0.3, 0.4) is 0 Å². The van der Waals surface area contributed by atoms with Crippen molar-refractivity contribution in [1.82, 2.24) is 19.8 Å². The van der Waals surface area contributed by atoms with Gasteiger partial charge in [-0.3, -0.25) is 4.79 Å². The van der Waals surface area contributed by atoms with Crippen molar-refractivity contribution in [2.45, 2.75) is 25.9 Å². The zero-order chi connectivity index (χ0) is 26.4. The van der Waals surface area contributed by atoms with E-state index in [4.69, 9.17) is 4.74 Å². The van der Waals surface area contributed by atoms with Gasteiger partial charge in [0.05, 0.1) is 19.6 Å². The molecule has 37 heavy (non-hydrogen) atoms. The Kier molecular flexibility index (Phi) is 8.70. The minimum Gasteiger partial charge on any atom is -0.379 e. The van der Waals surface area contributed by atoms with Gasteiger partial charge in [0, 0.05) is 63.4 Å². The van der Waals surface area contributed by atoms with E-state index in [2.05, 4.69) is 43.5 Å². The van der Waals surface area contributed by atoms with E-state index in [-0.39, 0.29) is 24.2 Å². The summed E-state index contributed by atoms with van der Waals surface area (Å²) >= 11 is 0. The average molecular weight is 522 g/mol. The molecule has 0 saturated carbocycles. The maximum Gasteiger partial charge on any atom is 0.421 e. The second kappa shape index (κ2) is 12.0. The number of alkyl halides is 3. The molecule has 3 heterocycles. The SMILES string of the molecule is Cc1cc(N2CCN(C)CC2)ccc1Nc1ncc(C(F)(F)F)c(NCCCN2CCOCCC2=O)n1. The van der Waals surface area contributed by atoms with Gasteiger partial charge in [0.25, 0.3) is 0 Å². The largest absolute Gasteiger partial charge is 0.421 e. The van der Waals surface area contributed by atoms with Crippen molar-refractivity contribution in [2.24, 2.45) is 0 Å². The normalized spacial score (nSPS) is 17.6. The molecule has 2 fully saturated rings. The van der Waals surface area contributed by atoms with Gasteiger partial charge < -0.3 is 30.1 Å². The maximum atomic E-state index is 13.6. The van der Waals surface area contributed by atoms with Crippen LogP contribution in [0.1, 0.15) is 24.0 Å². The van der Waals surface area contributed by atoms with Crippen molar-refractivity contribution in [3.8, 4) is 0 Å². The third-order valence-electron chi connectivity index (χ3n) is 6.63. The highest BCUT2D eigenvalue weighted by atomic mass is 19.4. The predicted molar refractivity (Wildman–Crippen MR) is 136 cm³/mol. The van der Waals surface area contributed by atoms with Crippen molar-refractivity contribution in [2.75, 3.05) is 81.6 Å². The molecule has 2 aromatic rings.